The summed E-state index contributed by atoms with van der Waals surface area (Å²) >= 11 is 1.74. The largest absolute Gasteiger partial charge is 0.261 e. The van der Waals surface area contributed by atoms with Crippen molar-refractivity contribution < 1.29 is 0 Å². The first-order valence-electron chi connectivity index (χ1n) is 10.6. The summed E-state index contributed by atoms with van der Waals surface area (Å²) in [6, 6.07) is 16.5. The Morgan fingerprint density at radius 2 is 1.79 bits per heavy atom. The molecule has 3 heteroatoms. The average molecular weight is 407 g/mol. The van der Waals surface area contributed by atoms with Gasteiger partial charge in [0.15, 0.2) is 0 Å². The molecule has 1 aliphatic carbocycles. The van der Waals surface area contributed by atoms with E-state index in [1.54, 1.807) is 11.9 Å². The van der Waals surface area contributed by atoms with Gasteiger partial charge in [-0.2, -0.15) is 5.26 Å². The maximum atomic E-state index is 9.48. The average Bonchev–Trinajstić information content (AvgIpc) is 2.67. The van der Waals surface area contributed by atoms with Gasteiger partial charge in [-0.3, -0.25) is 4.72 Å². The third-order valence-corrected chi connectivity index (χ3v) is 7.53. The van der Waals surface area contributed by atoms with Crippen LogP contribution in [0.2, 0.25) is 0 Å². The molecule has 0 bridgehead atoms. The molecule has 2 aromatic rings. The molecule has 1 saturated carbocycles. The van der Waals surface area contributed by atoms with Gasteiger partial charge < -0.3 is 0 Å². The zero-order chi connectivity index (χ0) is 21.2. The van der Waals surface area contributed by atoms with E-state index < -0.39 is 0 Å². The summed E-state index contributed by atoms with van der Waals surface area (Å²) in [7, 11) is 0. The van der Waals surface area contributed by atoms with Crippen molar-refractivity contribution in [2.45, 2.75) is 71.8 Å². The molecule has 29 heavy (non-hydrogen) atoms. The Morgan fingerprint density at radius 3 is 2.38 bits per heavy atom. The van der Waals surface area contributed by atoms with Crippen molar-refractivity contribution in [3.05, 3.63) is 69.8 Å². The lowest BCUT2D eigenvalue weighted by Crippen LogP contribution is -2.45. The van der Waals surface area contributed by atoms with E-state index in [0.29, 0.717) is 11.5 Å². The van der Waals surface area contributed by atoms with E-state index in [9.17, 15) is 5.26 Å². The monoisotopic (exact) mass is 406 g/mol. The van der Waals surface area contributed by atoms with Crippen molar-refractivity contribution in [3.63, 3.8) is 0 Å². The number of aryl methyl sites for hydroxylation is 2. The van der Waals surface area contributed by atoms with E-state index in [1.165, 1.54) is 41.5 Å². The first-order valence-corrected chi connectivity index (χ1v) is 11.8. The minimum atomic E-state index is -0.126. The van der Waals surface area contributed by atoms with Gasteiger partial charge in [0.05, 0.1) is 11.6 Å². The lowest BCUT2D eigenvalue weighted by Gasteiger charge is -2.45. The molecule has 0 saturated heterocycles. The summed E-state index contributed by atoms with van der Waals surface area (Å²) in [6.45, 7) is 11.1. The van der Waals surface area contributed by atoms with Crippen LogP contribution in [0.25, 0.3) is 0 Å². The Morgan fingerprint density at radius 1 is 1.14 bits per heavy atom. The second-order valence-electron chi connectivity index (χ2n) is 9.64. The molecule has 2 nitrogen and oxygen atoms in total. The normalized spacial score (nSPS) is 21.5. The number of benzene rings is 2. The van der Waals surface area contributed by atoms with Crippen LogP contribution in [0.4, 0.5) is 0 Å². The predicted octanol–water partition coefficient (Wildman–Crippen LogP) is 6.47. The summed E-state index contributed by atoms with van der Waals surface area (Å²) in [4.78, 5) is 0. The zero-order valence-electron chi connectivity index (χ0n) is 18.7. The van der Waals surface area contributed by atoms with Crippen LogP contribution in [0.15, 0.2) is 36.4 Å². The van der Waals surface area contributed by atoms with E-state index in [2.05, 4.69) is 81.1 Å². The molecule has 0 amide bonds. The first kappa shape index (κ1) is 21.9. The summed E-state index contributed by atoms with van der Waals surface area (Å²) in [5, 5.41) is 9.48. The Bertz CT molecular complexity index is 900. The van der Waals surface area contributed by atoms with Gasteiger partial charge >= 0.3 is 0 Å². The molecule has 0 aliphatic heterocycles. The highest BCUT2D eigenvalue weighted by Gasteiger charge is 2.39. The van der Waals surface area contributed by atoms with Crippen molar-refractivity contribution >= 4 is 11.9 Å². The molecule has 0 heterocycles. The number of nitrogens with zero attached hydrogens (tertiary/aromatic N) is 1. The van der Waals surface area contributed by atoms with E-state index >= 15 is 0 Å². The molecule has 0 spiro atoms. The highest BCUT2D eigenvalue weighted by atomic mass is 32.2. The van der Waals surface area contributed by atoms with Gasteiger partial charge in [0.1, 0.15) is 0 Å². The van der Waals surface area contributed by atoms with Crippen LogP contribution in [-0.2, 0) is 11.8 Å². The highest BCUT2D eigenvalue weighted by Crippen LogP contribution is 2.45. The third kappa shape index (κ3) is 4.71. The fourth-order valence-corrected chi connectivity index (χ4v) is 5.12. The van der Waals surface area contributed by atoms with Crippen LogP contribution in [0.5, 0.6) is 0 Å². The smallest absolute Gasteiger partial charge is 0.0994 e. The fourth-order valence-electron chi connectivity index (χ4n) is 4.62. The van der Waals surface area contributed by atoms with Gasteiger partial charge in [0.2, 0.25) is 0 Å². The van der Waals surface area contributed by atoms with E-state index in [1.807, 2.05) is 6.92 Å². The van der Waals surface area contributed by atoms with Crippen molar-refractivity contribution in [1.82, 2.24) is 4.72 Å². The second kappa shape index (κ2) is 8.54. The highest BCUT2D eigenvalue weighted by molar-refractivity contribution is 7.96. The van der Waals surface area contributed by atoms with Gasteiger partial charge in [0.25, 0.3) is 0 Å². The van der Waals surface area contributed by atoms with E-state index in [4.69, 9.17) is 0 Å². The molecule has 0 aromatic heterocycles. The Labute approximate surface area is 181 Å². The van der Waals surface area contributed by atoms with Crippen LogP contribution in [0.3, 0.4) is 0 Å². The van der Waals surface area contributed by atoms with E-state index in [0.717, 1.165) is 17.5 Å². The van der Waals surface area contributed by atoms with Crippen LogP contribution >= 0.6 is 11.9 Å². The SMILES string of the molecule is CSNC1CC(C)(CCc2ccc(C(C)(C)c3cc(C)c(C)c(C#N)c3)cc2)C1. The molecular weight excluding hydrogens is 372 g/mol. The lowest BCUT2D eigenvalue weighted by molar-refractivity contribution is 0.109. The summed E-state index contributed by atoms with van der Waals surface area (Å²) in [5.74, 6) is 0. The van der Waals surface area contributed by atoms with Crippen LogP contribution in [0.1, 0.15) is 73.4 Å². The zero-order valence-corrected chi connectivity index (χ0v) is 19.5. The van der Waals surface area contributed by atoms with E-state index in [-0.39, 0.29) is 5.41 Å². The number of rotatable bonds is 7. The molecule has 1 fully saturated rings. The van der Waals surface area contributed by atoms with Crippen LogP contribution in [0, 0.1) is 30.6 Å². The summed E-state index contributed by atoms with van der Waals surface area (Å²) in [6.07, 6.45) is 7.08. The van der Waals surface area contributed by atoms with Crippen molar-refractivity contribution in [3.8, 4) is 6.07 Å². The minimum Gasteiger partial charge on any atom is -0.261 e. The lowest BCUT2D eigenvalue weighted by atomic mass is 9.64. The third-order valence-electron chi connectivity index (χ3n) is 6.97. The van der Waals surface area contributed by atoms with Gasteiger partial charge in [-0.05, 0) is 85.1 Å². The fraction of sp³-hybridized carbons (Fsp3) is 0.500. The first-order chi connectivity index (χ1) is 13.7. The quantitative estimate of drug-likeness (QED) is 0.535. The second-order valence-corrected chi connectivity index (χ2v) is 10.3. The maximum Gasteiger partial charge on any atom is 0.0994 e. The predicted molar refractivity (Wildman–Crippen MR) is 125 cm³/mol. The molecule has 2 aromatic carbocycles. The molecular formula is C26H34N2S. The number of hydrogen-bond donors (Lipinski definition) is 1. The molecule has 154 valence electrons. The summed E-state index contributed by atoms with van der Waals surface area (Å²) < 4.78 is 3.49. The number of nitriles is 1. The number of hydrogen-bond acceptors (Lipinski definition) is 3. The van der Waals surface area contributed by atoms with Crippen LogP contribution < -0.4 is 4.72 Å². The standard InChI is InChI=1S/C26H34N2S/c1-18-13-23(14-21(17-27)19(18)2)25(3,4)22-9-7-20(8-10-22)11-12-26(5)15-24(16-26)28-29-6/h7-10,13-14,24,28H,11-12,15-16H2,1-6H3. The van der Waals surface area contributed by atoms with Gasteiger partial charge in [-0.25, -0.2) is 0 Å². The molecule has 1 aliphatic rings. The van der Waals surface area contributed by atoms with Crippen LogP contribution in [-0.4, -0.2) is 12.3 Å². The molecule has 1 N–H and O–H groups in total. The molecule has 0 unspecified atom stereocenters. The van der Waals surface area contributed by atoms with Crippen molar-refractivity contribution in [2.75, 3.05) is 6.26 Å². The van der Waals surface area contributed by atoms with Gasteiger partial charge in [-0.1, -0.05) is 63.1 Å². The minimum absolute atomic E-state index is 0.126. The Kier molecular flexibility index (Phi) is 6.46. The Hall–Kier alpha value is -1.76. The van der Waals surface area contributed by atoms with Crippen molar-refractivity contribution in [2.24, 2.45) is 5.41 Å². The molecule has 0 atom stereocenters. The number of nitrogens with one attached hydrogen (secondary N) is 1. The van der Waals surface area contributed by atoms with Gasteiger partial charge in [-0.15, -0.1) is 0 Å². The summed E-state index contributed by atoms with van der Waals surface area (Å²) in [5.41, 5.74) is 7.34. The van der Waals surface area contributed by atoms with Crippen molar-refractivity contribution in [1.29, 1.82) is 5.26 Å². The Balaban J connectivity index is 1.70. The van der Waals surface area contributed by atoms with Gasteiger partial charge in [0, 0.05) is 11.5 Å². The molecule has 0 radical (unpaired) electrons. The topological polar surface area (TPSA) is 35.8 Å². The molecule has 3 rings (SSSR count). The maximum absolute atomic E-state index is 9.48.